The summed E-state index contributed by atoms with van der Waals surface area (Å²) in [5.41, 5.74) is 3.42. The van der Waals surface area contributed by atoms with Crippen LogP contribution in [0.5, 0.6) is 0 Å². The molecule has 0 saturated heterocycles. The van der Waals surface area contributed by atoms with Crippen molar-refractivity contribution in [2.45, 2.75) is 19.3 Å². The Bertz CT molecular complexity index is 887. The van der Waals surface area contributed by atoms with Crippen LogP contribution in [0.4, 0.5) is 16.2 Å². The molecule has 3 heterocycles. The molecule has 0 bridgehead atoms. The lowest BCUT2D eigenvalue weighted by atomic mass is 10.2. The second-order valence-electron chi connectivity index (χ2n) is 5.96. The maximum atomic E-state index is 12.9. The van der Waals surface area contributed by atoms with Gasteiger partial charge in [-0.3, -0.25) is 14.9 Å². The molecule has 130 valence electrons. The molecular formula is C20H18N4O2. The predicted molar refractivity (Wildman–Crippen MR) is 98.7 cm³/mol. The monoisotopic (exact) mass is 346 g/mol. The van der Waals surface area contributed by atoms with E-state index in [4.69, 9.17) is 4.74 Å². The minimum Gasteiger partial charge on any atom is -0.351 e. The summed E-state index contributed by atoms with van der Waals surface area (Å²) >= 11 is 0. The van der Waals surface area contributed by atoms with Crippen molar-refractivity contribution in [2.24, 2.45) is 0 Å². The minimum atomic E-state index is -0.383. The lowest BCUT2D eigenvalue weighted by Crippen LogP contribution is -2.42. The SMILES string of the molecule is O=C(Nc1cccnc1)N1c2ccccc2CC1OCc1ccccn1. The van der Waals surface area contributed by atoms with Crippen LogP contribution in [0.15, 0.2) is 73.2 Å². The maximum Gasteiger partial charge on any atom is 0.328 e. The van der Waals surface area contributed by atoms with Gasteiger partial charge < -0.3 is 10.1 Å². The number of para-hydroxylation sites is 1. The van der Waals surface area contributed by atoms with Gasteiger partial charge in [-0.2, -0.15) is 0 Å². The number of ether oxygens (including phenoxy) is 1. The number of carbonyl (C=O) groups excluding carboxylic acids is 1. The standard InChI is InChI=1S/C20H18N4O2/c25-20(23-16-8-5-10-21-13-16)24-18-9-2-1-6-15(18)12-19(24)26-14-17-7-3-4-11-22-17/h1-11,13,19H,12,14H2,(H,23,25). The molecule has 1 aromatic carbocycles. The third-order valence-electron chi connectivity index (χ3n) is 4.22. The molecule has 1 unspecified atom stereocenters. The molecule has 1 atom stereocenters. The molecular weight excluding hydrogens is 328 g/mol. The second kappa shape index (κ2) is 7.33. The van der Waals surface area contributed by atoms with Crippen LogP contribution in [-0.2, 0) is 17.8 Å². The summed E-state index contributed by atoms with van der Waals surface area (Å²) in [5.74, 6) is 0. The number of nitrogens with zero attached hydrogens (tertiary/aromatic N) is 3. The van der Waals surface area contributed by atoms with Crippen molar-refractivity contribution in [1.29, 1.82) is 0 Å². The quantitative estimate of drug-likeness (QED) is 0.783. The van der Waals surface area contributed by atoms with E-state index in [1.54, 1.807) is 35.6 Å². The number of aromatic nitrogens is 2. The van der Waals surface area contributed by atoms with Gasteiger partial charge in [0.25, 0.3) is 0 Å². The van der Waals surface area contributed by atoms with E-state index in [-0.39, 0.29) is 12.3 Å². The van der Waals surface area contributed by atoms with Crippen LogP contribution in [-0.4, -0.2) is 22.2 Å². The topological polar surface area (TPSA) is 67.4 Å². The van der Waals surface area contributed by atoms with E-state index < -0.39 is 0 Å². The molecule has 0 spiro atoms. The molecule has 1 aliphatic rings. The Morgan fingerprint density at radius 2 is 2.00 bits per heavy atom. The Hall–Kier alpha value is -3.25. The zero-order valence-electron chi connectivity index (χ0n) is 14.1. The van der Waals surface area contributed by atoms with Crippen molar-refractivity contribution in [3.63, 3.8) is 0 Å². The molecule has 1 aliphatic heterocycles. The third-order valence-corrected chi connectivity index (χ3v) is 4.22. The fourth-order valence-electron chi connectivity index (χ4n) is 3.01. The second-order valence-corrected chi connectivity index (χ2v) is 5.96. The summed E-state index contributed by atoms with van der Waals surface area (Å²) in [4.78, 5) is 22.9. The number of rotatable bonds is 4. The lowest BCUT2D eigenvalue weighted by molar-refractivity contribution is 0.0475. The van der Waals surface area contributed by atoms with Crippen LogP contribution in [0.2, 0.25) is 0 Å². The Morgan fingerprint density at radius 3 is 2.81 bits per heavy atom. The van der Waals surface area contributed by atoms with E-state index >= 15 is 0 Å². The molecule has 4 rings (SSSR count). The van der Waals surface area contributed by atoms with Crippen molar-refractivity contribution < 1.29 is 9.53 Å². The number of carbonyl (C=O) groups is 1. The van der Waals surface area contributed by atoms with Crippen molar-refractivity contribution in [3.05, 3.63) is 84.4 Å². The summed E-state index contributed by atoms with van der Waals surface area (Å²) in [6, 6.07) is 16.9. The Labute approximate surface area is 151 Å². The van der Waals surface area contributed by atoms with Crippen molar-refractivity contribution in [3.8, 4) is 0 Å². The van der Waals surface area contributed by atoms with Gasteiger partial charge >= 0.3 is 6.03 Å². The van der Waals surface area contributed by atoms with Gasteiger partial charge in [-0.05, 0) is 35.9 Å². The first-order valence-electron chi connectivity index (χ1n) is 8.41. The highest BCUT2D eigenvalue weighted by Gasteiger charge is 2.34. The average molecular weight is 346 g/mol. The molecule has 26 heavy (non-hydrogen) atoms. The molecule has 6 nitrogen and oxygen atoms in total. The number of urea groups is 1. The van der Waals surface area contributed by atoms with E-state index in [2.05, 4.69) is 15.3 Å². The van der Waals surface area contributed by atoms with E-state index in [1.165, 1.54) is 0 Å². The number of hydrogen-bond donors (Lipinski definition) is 1. The summed E-state index contributed by atoms with van der Waals surface area (Å²) in [6.07, 6.45) is 5.27. The molecule has 0 saturated carbocycles. The Morgan fingerprint density at radius 1 is 1.12 bits per heavy atom. The van der Waals surface area contributed by atoms with Gasteiger partial charge in [0.05, 0.1) is 29.9 Å². The molecule has 2 amide bonds. The molecule has 3 aromatic rings. The van der Waals surface area contributed by atoms with E-state index in [1.807, 2.05) is 42.5 Å². The third kappa shape index (κ3) is 3.41. The number of hydrogen-bond acceptors (Lipinski definition) is 4. The Kier molecular flexibility index (Phi) is 4.57. The fraction of sp³-hybridized carbons (Fsp3) is 0.150. The number of amides is 2. The largest absolute Gasteiger partial charge is 0.351 e. The first-order valence-corrected chi connectivity index (χ1v) is 8.41. The van der Waals surface area contributed by atoms with Crippen LogP contribution in [0.3, 0.4) is 0 Å². The zero-order chi connectivity index (χ0) is 17.8. The minimum absolute atomic E-state index is 0.242. The number of nitrogens with one attached hydrogen (secondary N) is 1. The summed E-state index contributed by atoms with van der Waals surface area (Å²) in [6.45, 7) is 0.343. The summed E-state index contributed by atoms with van der Waals surface area (Å²) < 4.78 is 6.03. The van der Waals surface area contributed by atoms with Crippen molar-refractivity contribution >= 4 is 17.4 Å². The highest BCUT2D eigenvalue weighted by molar-refractivity contribution is 6.03. The first-order chi connectivity index (χ1) is 12.8. The van der Waals surface area contributed by atoms with Crippen LogP contribution in [0, 0.1) is 0 Å². The predicted octanol–water partition coefficient (Wildman–Crippen LogP) is 3.61. The normalized spacial score (nSPS) is 15.5. The van der Waals surface area contributed by atoms with E-state index in [9.17, 15) is 4.79 Å². The molecule has 2 aromatic heterocycles. The molecule has 6 heteroatoms. The van der Waals surface area contributed by atoms with Crippen molar-refractivity contribution in [1.82, 2.24) is 9.97 Å². The van der Waals surface area contributed by atoms with Gasteiger partial charge in [0.1, 0.15) is 6.23 Å². The zero-order valence-corrected chi connectivity index (χ0v) is 14.1. The molecule has 0 radical (unpaired) electrons. The maximum absolute atomic E-state index is 12.9. The number of fused-ring (bicyclic) bond motifs is 1. The van der Waals surface area contributed by atoms with Gasteiger partial charge in [-0.15, -0.1) is 0 Å². The van der Waals surface area contributed by atoms with Gasteiger partial charge in [0, 0.05) is 18.8 Å². The van der Waals surface area contributed by atoms with Crippen LogP contribution in [0.25, 0.3) is 0 Å². The lowest BCUT2D eigenvalue weighted by Gasteiger charge is -2.25. The average Bonchev–Trinajstić information content (AvgIpc) is 3.06. The smallest absolute Gasteiger partial charge is 0.328 e. The van der Waals surface area contributed by atoms with Crippen LogP contribution in [0.1, 0.15) is 11.3 Å². The van der Waals surface area contributed by atoms with Gasteiger partial charge in [-0.25, -0.2) is 4.79 Å². The van der Waals surface area contributed by atoms with Gasteiger partial charge in [0.15, 0.2) is 0 Å². The van der Waals surface area contributed by atoms with E-state index in [0.29, 0.717) is 18.7 Å². The highest BCUT2D eigenvalue weighted by Crippen LogP contribution is 2.33. The van der Waals surface area contributed by atoms with Crippen LogP contribution < -0.4 is 10.2 Å². The van der Waals surface area contributed by atoms with Gasteiger partial charge in [0.2, 0.25) is 0 Å². The molecule has 0 aliphatic carbocycles. The molecule has 0 fully saturated rings. The number of benzene rings is 1. The van der Waals surface area contributed by atoms with Crippen LogP contribution >= 0.6 is 0 Å². The fourth-order valence-corrected chi connectivity index (χ4v) is 3.01. The number of anilines is 2. The van der Waals surface area contributed by atoms with E-state index in [0.717, 1.165) is 16.9 Å². The summed E-state index contributed by atoms with van der Waals surface area (Å²) in [5, 5.41) is 2.88. The molecule has 1 N–H and O–H groups in total. The highest BCUT2D eigenvalue weighted by atomic mass is 16.5. The summed E-state index contributed by atoms with van der Waals surface area (Å²) in [7, 11) is 0. The number of pyridine rings is 2. The Balaban J connectivity index is 1.54. The first kappa shape index (κ1) is 16.2. The van der Waals surface area contributed by atoms with Gasteiger partial charge in [-0.1, -0.05) is 24.3 Å². The van der Waals surface area contributed by atoms with Crippen molar-refractivity contribution in [2.75, 3.05) is 10.2 Å².